The van der Waals surface area contributed by atoms with Crippen LogP contribution in [0.2, 0.25) is 0 Å². The lowest BCUT2D eigenvalue weighted by molar-refractivity contribution is 0.0580. The Balaban J connectivity index is 2.05. The third kappa shape index (κ3) is 2.44. The summed E-state index contributed by atoms with van der Waals surface area (Å²) in [4.78, 5) is 25.9. The molecule has 122 valence electrons. The first-order valence-corrected chi connectivity index (χ1v) is 7.51. The number of fused-ring (bicyclic) bond motifs is 2. The van der Waals surface area contributed by atoms with E-state index in [0.29, 0.717) is 17.8 Å². The molecule has 1 N–H and O–H groups in total. The summed E-state index contributed by atoms with van der Waals surface area (Å²) in [5.41, 5.74) is 0.523. The Labute approximate surface area is 135 Å². The van der Waals surface area contributed by atoms with E-state index in [1.165, 1.54) is 4.90 Å². The maximum Gasteiger partial charge on any atom is 0.419 e. The number of cyclic esters (lactones) is 1. The Bertz CT molecular complexity index is 692. The summed E-state index contributed by atoms with van der Waals surface area (Å²) in [7, 11) is 0. The summed E-state index contributed by atoms with van der Waals surface area (Å²) in [5, 5.41) is 2.84. The highest BCUT2D eigenvalue weighted by Crippen LogP contribution is 2.49. The molecule has 2 amide bonds. The summed E-state index contributed by atoms with van der Waals surface area (Å²) in [5.74, 6) is 0. The van der Waals surface area contributed by atoms with Gasteiger partial charge in [0.1, 0.15) is 11.1 Å². The van der Waals surface area contributed by atoms with Gasteiger partial charge in [0.15, 0.2) is 0 Å². The monoisotopic (exact) mass is 316 g/mol. The zero-order chi connectivity index (χ0) is 16.8. The molecule has 0 saturated carbocycles. The van der Waals surface area contributed by atoms with Crippen LogP contribution in [0, 0.1) is 0 Å². The van der Waals surface area contributed by atoms with Crippen molar-refractivity contribution in [2.75, 3.05) is 11.5 Å². The summed E-state index contributed by atoms with van der Waals surface area (Å²) in [6.45, 7) is 9.75. The van der Waals surface area contributed by atoms with Crippen molar-refractivity contribution in [2.45, 2.75) is 38.3 Å². The second-order valence-electron chi connectivity index (χ2n) is 6.70. The first kappa shape index (κ1) is 15.4. The maximum atomic E-state index is 12.6. The molecule has 0 bridgehead atoms. The minimum Gasteiger partial charge on any atom is -0.449 e. The van der Waals surface area contributed by atoms with Crippen molar-refractivity contribution < 1.29 is 19.1 Å². The van der Waals surface area contributed by atoms with Gasteiger partial charge in [0.25, 0.3) is 0 Å². The van der Waals surface area contributed by atoms with E-state index in [1.54, 1.807) is 0 Å². The van der Waals surface area contributed by atoms with Gasteiger partial charge in [0.2, 0.25) is 0 Å². The Hall–Kier alpha value is -2.50. The van der Waals surface area contributed by atoms with Crippen LogP contribution in [0.4, 0.5) is 15.3 Å². The number of hydrogen-bond acceptors (Lipinski definition) is 4. The molecular formula is C17H20N2O4. The lowest BCUT2D eigenvalue weighted by Crippen LogP contribution is -2.52. The van der Waals surface area contributed by atoms with Gasteiger partial charge in [-0.25, -0.2) is 14.5 Å². The van der Waals surface area contributed by atoms with Gasteiger partial charge in [-0.1, -0.05) is 24.8 Å². The van der Waals surface area contributed by atoms with E-state index in [9.17, 15) is 9.59 Å². The zero-order valence-corrected chi connectivity index (χ0v) is 13.5. The number of carbonyl (C=O) groups is 2. The number of anilines is 1. The predicted octanol–water partition coefficient (Wildman–Crippen LogP) is 3.28. The van der Waals surface area contributed by atoms with Crippen LogP contribution in [0.1, 0.15) is 32.8 Å². The highest BCUT2D eigenvalue weighted by Gasteiger charge is 2.51. The molecule has 23 heavy (non-hydrogen) atoms. The van der Waals surface area contributed by atoms with Crippen LogP contribution in [-0.2, 0) is 15.0 Å². The fraction of sp³-hybridized carbons (Fsp3) is 0.412. The van der Waals surface area contributed by atoms with Gasteiger partial charge in [-0.3, -0.25) is 0 Å². The van der Waals surface area contributed by atoms with Crippen LogP contribution in [0.3, 0.4) is 0 Å². The molecule has 1 atom stereocenters. The van der Waals surface area contributed by atoms with Crippen molar-refractivity contribution in [2.24, 2.45) is 0 Å². The Kier molecular flexibility index (Phi) is 3.35. The third-order valence-electron chi connectivity index (χ3n) is 3.97. The van der Waals surface area contributed by atoms with Crippen LogP contribution < -0.4 is 10.2 Å². The van der Waals surface area contributed by atoms with Crippen molar-refractivity contribution in [1.82, 2.24) is 5.32 Å². The van der Waals surface area contributed by atoms with E-state index in [2.05, 4.69) is 11.9 Å². The van der Waals surface area contributed by atoms with Crippen LogP contribution in [-0.4, -0.2) is 24.4 Å². The molecule has 0 radical (unpaired) electrons. The molecule has 2 heterocycles. The van der Waals surface area contributed by atoms with Gasteiger partial charge < -0.3 is 14.8 Å². The highest BCUT2D eigenvalue weighted by molar-refractivity contribution is 5.97. The zero-order valence-electron chi connectivity index (χ0n) is 13.5. The topological polar surface area (TPSA) is 67.9 Å². The predicted molar refractivity (Wildman–Crippen MR) is 85.1 cm³/mol. The van der Waals surface area contributed by atoms with E-state index in [4.69, 9.17) is 9.47 Å². The molecule has 2 aliphatic rings. The minimum atomic E-state index is -0.831. The number of rotatable bonds is 0. The summed E-state index contributed by atoms with van der Waals surface area (Å²) in [6, 6.07) is 7.41. The molecule has 2 aliphatic heterocycles. The van der Waals surface area contributed by atoms with Gasteiger partial charge in [-0.15, -0.1) is 0 Å². The molecular weight excluding hydrogens is 296 g/mol. The Morgan fingerprint density at radius 1 is 1.39 bits per heavy atom. The van der Waals surface area contributed by atoms with Crippen LogP contribution in [0.15, 0.2) is 36.5 Å². The minimum absolute atomic E-state index is 0.265. The molecule has 3 rings (SSSR count). The molecule has 0 unspecified atom stereocenters. The van der Waals surface area contributed by atoms with Gasteiger partial charge in [0.05, 0.1) is 18.0 Å². The number of ether oxygens (including phenoxy) is 2. The standard InChI is InChI=1S/C17H20N2O4/c1-11-17(9-10-22-14(20)18-17)12-7-5-6-8-13(12)19(11)15(21)23-16(2,3)4/h5-8H,1,9-10H2,2-4H3,(H,18,20)/t17-/m0/s1. The molecule has 6 nitrogen and oxygen atoms in total. The van der Waals surface area contributed by atoms with E-state index in [1.807, 2.05) is 45.0 Å². The van der Waals surface area contributed by atoms with Gasteiger partial charge in [0, 0.05) is 12.0 Å². The number of para-hydroxylation sites is 1. The molecule has 6 heteroatoms. The first-order valence-electron chi connectivity index (χ1n) is 7.51. The normalized spacial score (nSPS) is 23.3. The van der Waals surface area contributed by atoms with Crippen molar-refractivity contribution in [3.05, 3.63) is 42.1 Å². The quantitative estimate of drug-likeness (QED) is 0.797. The molecule has 0 aromatic heterocycles. The molecule has 1 aromatic rings. The average molecular weight is 316 g/mol. The number of alkyl carbamates (subject to hydrolysis) is 1. The fourth-order valence-corrected chi connectivity index (χ4v) is 3.03. The second kappa shape index (κ2) is 5.01. The van der Waals surface area contributed by atoms with Crippen molar-refractivity contribution in [3.8, 4) is 0 Å². The van der Waals surface area contributed by atoms with Crippen LogP contribution >= 0.6 is 0 Å². The number of nitrogens with zero attached hydrogens (tertiary/aromatic N) is 1. The average Bonchev–Trinajstić information content (AvgIpc) is 2.67. The number of nitrogens with one attached hydrogen (secondary N) is 1. The molecule has 1 aromatic carbocycles. The molecule has 1 fully saturated rings. The van der Waals surface area contributed by atoms with E-state index >= 15 is 0 Å². The lowest BCUT2D eigenvalue weighted by Gasteiger charge is -2.36. The van der Waals surface area contributed by atoms with Crippen molar-refractivity contribution in [3.63, 3.8) is 0 Å². The number of benzene rings is 1. The Morgan fingerprint density at radius 3 is 2.74 bits per heavy atom. The van der Waals surface area contributed by atoms with Crippen LogP contribution in [0.25, 0.3) is 0 Å². The first-order chi connectivity index (χ1) is 10.7. The number of carbonyl (C=O) groups excluding carboxylic acids is 2. The molecule has 0 aliphatic carbocycles. The van der Waals surface area contributed by atoms with Gasteiger partial charge in [-0.05, 0) is 26.8 Å². The van der Waals surface area contributed by atoms with Crippen LogP contribution in [0.5, 0.6) is 0 Å². The molecule has 1 saturated heterocycles. The van der Waals surface area contributed by atoms with E-state index < -0.39 is 23.3 Å². The second-order valence-corrected chi connectivity index (χ2v) is 6.70. The smallest absolute Gasteiger partial charge is 0.419 e. The van der Waals surface area contributed by atoms with Crippen molar-refractivity contribution in [1.29, 1.82) is 0 Å². The Morgan fingerprint density at radius 2 is 2.09 bits per heavy atom. The summed E-state index contributed by atoms with van der Waals surface area (Å²) in [6.07, 6.45) is -0.515. The van der Waals surface area contributed by atoms with E-state index in [0.717, 1.165) is 5.56 Å². The summed E-state index contributed by atoms with van der Waals surface area (Å²) >= 11 is 0. The summed E-state index contributed by atoms with van der Waals surface area (Å²) < 4.78 is 10.5. The molecule has 1 spiro atoms. The van der Waals surface area contributed by atoms with Gasteiger partial charge >= 0.3 is 12.2 Å². The highest BCUT2D eigenvalue weighted by atomic mass is 16.6. The lowest BCUT2D eigenvalue weighted by atomic mass is 9.86. The third-order valence-corrected chi connectivity index (χ3v) is 3.97. The SMILES string of the molecule is C=C1N(C(=O)OC(C)(C)C)c2ccccc2[C@]12CCOC(=O)N2. The largest absolute Gasteiger partial charge is 0.449 e. The maximum absolute atomic E-state index is 12.6. The number of hydrogen-bond donors (Lipinski definition) is 1. The van der Waals surface area contributed by atoms with Gasteiger partial charge in [-0.2, -0.15) is 0 Å². The fourth-order valence-electron chi connectivity index (χ4n) is 3.03. The van der Waals surface area contributed by atoms with E-state index in [-0.39, 0.29) is 6.61 Å². The number of amides is 2. The van der Waals surface area contributed by atoms with Crippen molar-refractivity contribution >= 4 is 17.9 Å².